The first-order valence-electron chi connectivity index (χ1n) is 11.2. The van der Waals surface area contributed by atoms with Gasteiger partial charge in [0.25, 0.3) is 0 Å². The van der Waals surface area contributed by atoms with Crippen LogP contribution in [0.3, 0.4) is 0 Å². The first-order valence-corrected chi connectivity index (χ1v) is 11.2. The Hall–Kier alpha value is -2.28. The van der Waals surface area contributed by atoms with Gasteiger partial charge in [0.05, 0.1) is 12.9 Å². The van der Waals surface area contributed by atoms with Crippen LogP contribution in [0.15, 0.2) is 28.9 Å². The summed E-state index contributed by atoms with van der Waals surface area (Å²) in [6.07, 6.45) is 10.4. The number of ether oxygens (including phenoxy) is 1. The van der Waals surface area contributed by atoms with Crippen molar-refractivity contribution in [1.29, 1.82) is 0 Å². The van der Waals surface area contributed by atoms with Gasteiger partial charge < -0.3 is 19.4 Å². The quantitative estimate of drug-likeness (QED) is 0.773. The van der Waals surface area contributed by atoms with Gasteiger partial charge in [-0.2, -0.15) is 0 Å². The molecule has 164 valence electrons. The van der Waals surface area contributed by atoms with E-state index in [9.17, 15) is 9.59 Å². The van der Waals surface area contributed by atoms with Crippen LogP contribution in [0.2, 0.25) is 0 Å². The number of amides is 2. The standard InChI is InChI=1S/C23H33N3O4/c1-2-29-22(28)26-12-7-18(8-13-26)24-21(27)20-17-23(20)9-14-25(15-10-23)11-3-5-19-6-4-16-30-19/h3-6,16,18,20H,2,7-15,17H2,1H3,(H,24,27)/b5-3+. The summed E-state index contributed by atoms with van der Waals surface area (Å²) in [7, 11) is 0. The predicted octanol–water partition coefficient (Wildman–Crippen LogP) is 3.13. The minimum atomic E-state index is -0.241. The molecule has 2 aliphatic heterocycles. The fourth-order valence-electron chi connectivity index (χ4n) is 4.88. The molecule has 1 spiro atoms. The SMILES string of the molecule is CCOC(=O)N1CCC(NC(=O)C2CC23CCN(C/C=C/c2ccco2)CC3)CC1. The van der Waals surface area contributed by atoms with Crippen LogP contribution in [0, 0.1) is 11.3 Å². The zero-order chi connectivity index (χ0) is 21.0. The molecule has 1 atom stereocenters. The molecule has 1 aromatic heterocycles. The highest BCUT2D eigenvalue weighted by atomic mass is 16.6. The molecule has 1 saturated carbocycles. The third-order valence-corrected chi connectivity index (χ3v) is 6.91. The Morgan fingerprint density at radius 3 is 2.70 bits per heavy atom. The molecule has 4 rings (SSSR count). The number of hydrogen-bond donors (Lipinski definition) is 1. The van der Waals surface area contributed by atoms with Gasteiger partial charge in [-0.15, -0.1) is 0 Å². The highest BCUT2D eigenvalue weighted by Crippen LogP contribution is 2.59. The Balaban J connectivity index is 1.16. The van der Waals surface area contributed by atoms with Crippen molar-refractivity contribution in [3.63, 3.8) is 0 Å². The van der Waals surface area contributed by atoms with Gasteiger partial charge in [-0.05, 0) is 75.7 Å². The number of nitrogens with one attached hydrogen (secondary N) is 1. The normalized spacial score (nSPS) is 24.3. The lowest BCUT2D eigenvalue weighted by Crippen LogP contribution is -2.47. The number of carbonyl (C=O) groups is 2. The second kappa shape index (κ2) is 9.25. The number of nitrogens with zero attached hydrogens (tertiary/aromatic N) is 2. The van der Waals surface area contributed by atoms with Crippen molar-refractivity contribution in [3.05, 3.63) is 30.2 Å². The summed E-state index contributed by atoms with van der Waals surface area (Å²) in [5.41, 5.74) is 0.219. The van der Waals surface area contributed by atoms with Crippen molar-refractivity contribution < 1.29 is 18.7 Å². The van der Waals surface area contributed by atoms with Crippen LogP contribution in [0.4, 0.5) is 4.79 Å². The zero-order valence-electron chi connectivity index (χ0n) is 17.8. The van der Waals surface area contributed by atoms with E-state index in [0.29, 0.717) is 19.7 Å². The fraction of sp³-hybridized carbons (Fsp3) is 0.652. The molecule has 0 aromatic carbocycles. The van der Waals surface area contributed by atoms with Crippen molar-refractivity contribution >= 4 is 18.1 Å². The number of rotatable bonds is 6. The van der Waals surface area contributed by atoms with Gasteiger partial charge in [0.15, 0.2) is 0 Å². The molecule has 3 heterocycles. The fourth-order valence-corrected chi connectivity index (χ4v) is 4.88. The average molecular weight is 416 g/mol. The van der Waals surface area contributed by atoms with E-state index in [4.69, 9.17) is 9.15 Å². The highest BCUT2D eigenvalue weighted by molar-refractivity contribution is 5.83. The van der Waals surface area contributed by atoms with Crippen molar-refractivity contribution in [2.75, 3.05) is 39.3 Å². The van der Waals surface area contributed by atoms with Crippen LogP contribution in [0.1, 0.15) is 44.8 Å². The van der Waals surface area contributed by atoms with E-state index in [1.54, 1.807) is 11.2 Å². The van der Waals surface area contributed by atoms with Gasteiger partial charge in [0.1, 0.15) is 5.76 Å². The molecule has 1 unspecified atom stereocenters. The summed E-state index contributed by atoms with van der Waals surface area (Å²) in [5, 5.41) is 3.25. The van der Waals surface area contributed by atoms with E-state index in [2.05, 4.69) is 16.3 Å². The third kappa shape index (κ3) is 4.89. The van der Waals surface area contributed by atoms with Crippen molar-refractivity contribution in [1.82, 2.24) is 15.1 Å². The van der Waals surface area contributed by atoms with Crippen LogP contribution < -0.4 is 5.32 Å². The highest BCUT2D eigenvalue weighted by Gasteiger charge is 2.58. The lowest BCUT2D eigenvalue weighted by atomic mass is 9.90. The molecule has 2 saturated heterocycles. The summed E-state index contributed by atoms with van der Waals surface area (Å²) >= 11 is 0. The molecular weight excluding hydrogens is 382 g/mol. The molecule has 3 aliphatic rings. The molecule has 1 aliphatic carbocycles. The molecule has 1 aromatic rings. The second-order valence-corrected chi connectivity index (χ2v) is 8.81. The number of piperidine rings is 2. The van der Waals surface area contributed by atoms with Gasteiger partial charge in [0.2, 0.25) is 5.91 Å². The maximum absolute atomic E-state index is 12.8. The Bertz CT molecular complexity index is 745. The van der Waals surface area contributed by atoms with E-state index in [1.807, 2.05) is 25.1 Å². The van der Waals surface area contributed by atoms with E-state index in [1.165, 1.54) is 0 Å². The third-order valence-electron chi connectivity index (χ3n) is 6.91. The lowest BCUT2D eigenvalue weighted by molar-refractivity contribution is -0.124. The predicted molar refractivity (Wildman–Crippen MR) is 114 cm³/mol. The van der Waals surface area contributed by atoms with Crippen LogP contribution >= 0.6 is 0 Å². The van der Waals surface area contributed by atoms with Gasteiger partial charge in [-0.3, -0.25) is 9.69 Å². The molecule has 7 nitrogen and oxygen atoms in total. The molecule has 7 heteroatoms. The lowest BCUT2D eigenvalue weighted by Gasteiger charge is -2.33. The van der Waals surface area contributed by atoms with E-state index in [0.717, 1.165) is 57.5 Å². The first-order chi connectivity index (χ1) is 14.6. The van der Waals surface area contributed by atoms with Crippen molar-refractivity contribution in [2.45, 2.75) is 45.1 Å². The monoisotopic (exact) mass is 415 g/mol. The van der Waals surface area contributed by atoms with Crippen molar-refractivity contribution in [3.8, 4) is 0 Å². The van der Waals surface area contributed by atoms with Crippen LogP contribution in [-0.2, 0) is 9.53 Å². The topological polar surface area (TPSA) is 75.0 Å². The maximum Gasteiger partial charge on any atom is 0.409 e. The Kier molecular flexibility index (Phi) is 6.46. The van der Waals surface area contributed by atoms with Crippen LogP contribution in [0.5, 0.6) is 0 Å². The van der Waals surface area contributed by atoms with Crippen LogP contribution in [0.25, 0.3) is 6.08 Å². The minimum absolute atomic E-state index is 0.168. The number of hydrogen-bond acceptors (Lipinski definition) is 5. The summed E-state index contributed by atoms with van der Waals surface area (Å²) < 4.78 is 10.4. The summed E-state index contributed by atoms with van der Waals surface area (Å²) in [5.74, 6) is 1.27. The van der Waals surface area contributed by atoms with Crippen LogP contribution in [-0.4, -0.2) is 67.2 Å². The summed E-state index contributed by atoms with van der Waals surface area (Å²) in [6, 6.07) is 4.02. The van der Waals surface area contributed by atoms with Gasteiger partial charge in [-0.25, -0.2) is 4.79 Å². The zero-order valence-corrected chi connectivity index (χ0v) is 17.8. The summed E-state index contributed by atoms with van der Waals surface area (Å²) in [4.78, 5) is 28.8. The van der Waals surface area contributed by atoms with E-state index < -0.39 is 0 Å². The minimum Gasteiger partial charge on any atom is -0.465 e. The molecule has 1 N–H and O–H groups in total. The van der Waals surface area contributed by atoms with Gasteiger partial charge in [0, 0.05) is 31.6 Å². The molecular formula is C23H33N3O4. The summed E-state index contributed by atoms with van der Waals surface area (Å²) in [6.45, 7) is 6.54. The largest absolute Gasteiger partial charge is 0.465 e. The van der Waals surface area contributed by atoms with E-state index in [-0.39, 0.29) is 29.4 Å². The Morgan fingerprint density at radius 2 is 2.03 bits per heavy atom. The maximum atomic E-state index is 12.8. The number of carbonyl (C=O) groups excluding carboxylic acids is 2. The smallest absolute Gasteiger partial charge is 0.409 e. The molecule has 30 heavy (non-hydrogen) atoms. The Labute approximate surface area is 178 Å². The second-order valence-electron chi connectivity index (χ2n) is 8.81. The molecule has 0 bridgehead atoms. The van der Waals surface area contributed by atoms with Crippen molar-refractivity contribution in [2.24, 2.45) is 11.3 Å². The van der Waals surface area contributed by atoms with Gasteiger partial charge >= 0.3 is 6.09 Å². The average Bonchev–Trinajstić information content (AvgIpc) is 3.19. The first kappa shape index (κ1) is 21.0. The Morgan fingerprint density at radius 1 is 1.27 bits per heavy atom. The number of furan rings is 1. The molecule has 0 radical (unpaired) electrons. The van der Waals surface area contributed by atoms with Gasteiger partial charge in [-0.1, -0.05) is 6.08 Å². The number of likely N-dealkylation sites (tertiary alicyclic amines) is 2. The molecule has 3 fully saturated rings. The molecule has 2 amide bonds. The van der Waals surface area contributed by atoms with E-state index >= 15 is 0 Å².